The molecule has 0 saturated carbocycles. The van der Waals surface area contributed by atoms with E-state index in [9.17, 15) is 9.59 Å². The van der Waals surface area contributed by atoms with Gasteiger partial charge in [-0.2, -0.15) is 0 Å². The standard InChI is InChI=1S/C12H20N4O3/c1-12(2,3)9(14-15-13)10(17)16-7-5-6-8(16)11(18)19-4/h8-9H,5-7H2,1-4H3/t8-,9+/m0/s1. The molecule has 1 fully saturated rings. The van der Waals surface area contributed by atoms with E-state index in [2.05, 4.69) is 10.0 Å². The lowest BCUT2D eigenvalue weighted by atomic mass is 9.86. The molecular weight excluding hydrogens is 248 g/mol. The smallest absolute Gasteiger partial charge is 0.328 e. The number of nitrogens with zero attached hydrogens (tertiary/aromatic N) is 4. The van der Waals surface area contributed by atoms with Gasteiger partial charge >= 0.3 is 5.97 Å². The molecule has 1 heterocycles. The zero-order valence-corrected chi connectivity index (χ0v) is 11.8. The fourth-order valence-electron chi connectivity index (χ4n) is 2.21. The van der Waals surface area contributed by atoms with Gasteiger partial charge in [0.15, 0.2) is 0 Å². The van der Waals surface area contributed by atoms with Gasteiger partial charge in [0.05, 0.1) is 7.11 Å². The minimum atomic E-state index is -0.817. The molecular formula is C12H20N4O3. The Labute approximate surface area is 112 Å². The lowest BCUT2D eigenvalue weighted by molar-refractivity contribution is -0.152. The monoisotopic (exact) mass is 268 g/mol. The summed E-state index contributed by atoms with van der Waals surface area (Å²) in [6.45, 7) is 5.97. The molecule has 1 saturated heterocycles. The number of carbonyl (C=O) groups is 2. The Morgan fingerprint density at radius 3 is 2.58 bits per heavy atom. The van der Waals surface area contributed by atoms with Gasteiger partial charge in [0.25, 0.3) is 0 Å². The lowest BCUT2D eigenvalue weighted by Gasteiger charge is -2.31. The van der Waals surface area contributed by atoms with Gasteiger partial charge in [-0.1, -0.05) is 25.9 Å². The van der Waals surface area contributed by atoms with Crippen molar-refractivity contribution in [2.45, 2.75) is 45.7 Å². The Bertz CT molecular complexity index is 410. The first-order valence-electron chi connectivity index (χ1n) is 6.25. The minimum Gasteiger partial charge on any atom is -0.467 e. The van der Waals surface area contributed by atoms with E-state index in [1.165, 1.54) is 12.0 Å². The molecule has 0 aromatic heterocycles. The molecule has 0 bridgehead atoms. The molecule has 106 valence electrons. The first kappa shape index (κ1) is 15.3. The topological polar surface area (TPSA) is 95.4 Å². The maximum absolute atomic E-state index is 12.5. The van der Waals surface area contributed by atoms with Gasteiger partial charge in [-0.05, 0) is 23.8 Å². The highest BCUT2D eigenvalue weighted by Gasteiger charge is 2.41. The highest BCUT2D eigenvalue weighted by molar-refractivity contribution is 5.88. The van der Waals surface area contributed by atoms with Crippen LogP contribution in [0.5, 0.6) is 0 Å². The average Bonchev–Trinajstić information content (AvgIpc) is 2.81. The molecule has 7 heteroatoms. The van der Waals surface area contributed by atoms with Crippen LogP contribution in [0.3, 0.4) is 0 Å². The molecule has 0 aliphatic carbocycles. The van der Waals surface area contributed by atoms with E-state index < -0.39 is 23.5 Å². The van der Waals surface area contributed by atoms with Crippen molar-refractivity contribution in [2.24, 2.45) is 10.5 Å². The molecule has 0 N–H and O–H groups in total. The number of carbonyl (C=O) groups excluding carboxylic acids is 2. The van der Waals surface area contributed by atoms with Crippen LogP contribution in [0, 0.1) is 5.41 Å². The Balaban J connectivity index is 2.96. The fraction of sp³-hybridized carbons (Fsp3) is 0.833. The molecule has 0 radical (unpaired) electrons. The van der Waals surface area contributed by atoms with Crippen molar-refractivity contribution in [1.29, 1.82) is 0 Å². The zero-order chi connectivity index (χ0) is 14.6. The van der Waals surface area contributed by atoms with Gasteiger partial charge in [-0.15, -0.1) is 0 Å². The molecule has 19 heavy (non-hydrogen) atoms. The molecule has 0 spiro atoms. The van der Waals surface area contributed by atoms with E-state index in [1.54, 1.807) is 0 Å². The molecule has 1 aliphatic rings. The summed E-state index contributed by atoms with van der Waals surface area (Å²) >= 11 is 0. The third-order valence-corrected chi connectivity index (χ3v) is 3.23. The second-order valence-corrected chi connectivity index (χ2v) is 5.69. The molecule has 7 nitrogen and oxygen atoms in total. The summed E-state index contributed by atoms with van der Waals surface area (Å²) in [5.41, 5.74) is 8.12. The van der Waals surface area contributed by atoms with Crippen LogP contribution in [0.2, 0.25) is 0 Å². The Morgan fingerprint density at radius 1 is 1.47 bits per heavy atom. The zero-order valence-electron chi connectivity index (χ0n) is 11.8. The van der Waals surface area contributed by atoms with Crippen LogP contribution in [-0.2, 0) is 14.3 Å². The molecule has 1 amide bonds. The SMILES string of the molecule is COC(=O)[C@@H]1CCCN1C(=O)[C@@H](N=[N+]=[N-])C(C)(C)C. The van der Waals surface area contributed by atoms with E-state index in [-0.39, 0.29) is 5.91 Å². The van der Waals surface area contributed by atoms with Crippen LogP contribution in [0.4, 0.5) is 0 Å². The molecule has 0 aromatic rings. The van der Waals surface area contributed by atoms with Crippen LogP contribution < -0.4 is 0 Å². The fourth-order valence-corrected chi connectivity index (χ4v) is 2.21. The van der Waals surface area contributed by atoms with E-state index >= 15 is 0 Å². The van der Waals surface area contributed by atoms with Gasteiger partial charge in [0.2, 0.25) is 5.91 Å². The van der Waals surface area contributed by atoms with Crippen LogP contribution in [0.15, 0.2) is 5.11 Å². The normalized spacial score (nSPS) is 20.6. The molecule has 0 unspecified atom stereocenters. The van der Waals surface area contributed by atoms with Gasteiger partial charge in [-0.3, -0.25) is 4.79 Å². The summed E-state index contributed by atoms with van der Waals surface area (Å²) in [4.78, 5) is 28.3. The van der Waals surface area contributed by atoms with Crippen molar-refractivity contribution < 1.29 is 14.3 Å². The largest absolute Gasteiger partial charge is 0.467 e. The van der Waals surface area contributed by atoms with Gasteiger partial charge < -0.3 is 9.64 Å². The van der Waals surface area contributed by atoms with Crippen molar-refractivity contribution in [3.05, 3.63) is 10.4 Å². The highest BCUT2D eigenvalue weighted by atomic mass is 16.5. The third-order valence-electron chi connectivity index (χ3n) is 3.23. The van der Waals surface area contributed by atoms with Crippen LogP contribution in [-0.4, -0.2) is 42.5 Å². The summed E-state index contributed by atoms with van der Waals surface area (Å²) < 4.78 is 4.70. The van der Waals surface area contributed by atoms with Crippen LogP contribution >= 0.6 is 0 Å². The van der Waals surface area contributed by atoms with Gasteiger partial charge in [0.1, 0.15) is 12.1 Å². The predicted molar refractivity (Wildman–Crippen MR) is 69.1 cm³/mol. The second kappa shape index (κ2) is 5.93. The number of likely N-dealkylation sites (tertiary alicyclic amines) is 1. The maximum atomic E-state index is 12.5. The summed E-state index contributed by atoms with van der Waals surface area (Å²) in [5.74, 6) is -0.724. The molecule has 1 rings (SSSR count). The number of azide groups is 1. The van der Waals surface area contributed by atoms with Gasteiger partial charge in [-0.25, -0.2) is 4.79 Å². The quantitative estimate of drug-likeness (QED) is 0.338. The summed E-state index contributed by atoms with van der Waals surface area (Å²) in [7, 11) is 1.30. The predicted octanol–water partition coefficient (Wildman–Crippen LogP) is 1.88. The first-order valence-corrected chi connectivity index (χ1v) is 6.25. The summed E-state index contributed by atoms with van der Waals surface area (Å²) in [6, 6.07) is -1.38. The number of rotatable bonds is 3. The minimum absolute atomic E-state index is 0.307. The number of amides is 1. The van der Waals surface area contributed by atoms with Crippen molar-refractivity contribution >= 4 is 11.9 Å². The summed E-state index contributed by atoms with van der Waals surface area (Å²) in [6.07, 6.45) is 1.34. The first-order chi connectivity index (χ1) is 8.82. The number of ether oxygens (including phenoxy) is 1. The Hall–Kier alpha value is -1.75. The number of hydrogen-bond acceptors (Lipinski definition) is 4. The van der Waals surface area contributed by atoms with Crippen molar-refractivity contribution in [1.82, 2.24) is 4.90 Å². The van der Waals surface area contributed by atoms with Crippen molar-refractivity contribution in [3.63, 3.8) is 0 Å². The third kappa shape index (κ3) is 3.38. The Morgan fingerprint density at radius 2 is 2.11 bits per heavy atom. The van der Waals surface area contributed by atoms with E-state index in [0.29, 0.717) is 13.0 Å². The average molecular weight is 268 g/mol. The van der Waals surface area contributed by atoms with E-state index in [0.717, 1.165) is 6.42 Å². The van der Waals surface area contributed by atoms with E-state index in [4.69, 9.17) is 10.3 Å². The van der Waals surface area contributed by atoms with Crippen molar-refractivity contribution in [2.75, 3.05) is 13.7 Å². The number of hydrogen-bond donors (Lipinski definition) is 0. The second-order valence-electron chi connectivity index (χ2n) is 5.69. The molecule has 1 aliphatic heterocycles. The van der Waals surface area contributed by atoms with Crippen LogP contribution in [0.25, 0.3) is 10.4 Å². The summed E-state index contributed by atoms with van der Waals surface area (Å²) in [5, 5.41) is 3.60. The maximum Gasteiger partial charge on any atom is 0.328 e. The Kier molecular flexibility index (Phi) is 4.78. The lowest BCUT2D eigenvalue weighted by Crippen LogP contribution is -2.48. The number of esters is 1. The van der Waals surface area contributed by atoms with Crippen LogP contribution in [0.1, 0.15) is 33.6 Å². The highest BCUT2D eigenvalue weighted by Crippen LogP contribution is 2.28. The molecule has 0 aromatic carbocycles. The van der Waals surface area contributed by atoms with E-state index in [1.807, 2.05) is 20.8 Å². The van der Waals surface area contributed by atoms with Gasteiger partial charge in [0, 0.05) is 11.5 Å². The number of methoxy groups -OCH3 is 1. The molecule has 2 atom stereocenters. The van der Waals surface area contributed by atoms with Crippen molar-refractivity contribution in [3.8, 4) is 0 Å².